The van der Waals surface area contributed by atoms with Crippen LogP contribution in [-0.4, -0.2) is 22.6 Å². The molecule has 1 N–H and O–H groups in total. The maximum Gasteiger partial charge on any atom is 0.251 e. The van der Waals surface area contributed by atoms with Crippen LogP contribution in [-0.2, 0) is 6.42 Å². The summed E-state index contributed by atoms with van der Waals surface area (Å²) in [6.45, 7) is 0.170. The zero-order valence-electron chi connectivity index (χ0n) is 12.8. The standard InChI is InChI=1S/C17H12F3N3O2/c18-12-4-1-10(2-5-12)16-22-15(25-23-16)7-8-21-17(24)11-3-6-13(19)14(20)9-11/h1-6,9H,7-8H2,(H,21,24). The Morgan fingerprint density at radius 3 is 2.52 bits per heavy atom. The van der Waals surface area contributed by atoms with Crippen LogP contribution in [0.5, 0.6) is 0 Å². The highest BCUT2D eigenvalue weighted by Crippen LogP contribution is 2.16. The summed E-state index contributed by atoms with van der Waals surface area (Å²) < 4.78 is 43.9. The Morgan fingerprint density at radius 1 is 1.04 bits per heavy atom. The van der Waals surface area contributed by atoms with E-state index in [2.05, 4.69) is 15.5 Å². The first-order valence-electron chi connectivity index (χ1n) is 7.35. The molecule has 128 valence electrons. The van der Waals surface area contributed by atoms with Gasteiger partial charge < -0.3 is 9.84 Å². The van der Waals surface area contributed by atoms with Crippen LogP contribution in [0.3, 0.4) is 0 Å². The Hall–Kier alpha value is -3.16. The molecule has 0 atom stereocenters. The quantitative estimate of drug-likeness (QED) is 0.770. The molecule has 1 aromatic heterocycles. The third kappa shape index (κ3) is 4.03. The molecule has 0 aliphatic heterocycles. The van der Waals surface area contributed by atoms with E-state index in [4.69, 9.17) is 4.52 Å². The van der Waals surface area contributed by atoms with Crippen molar-refractivity contribution >= 4 is 5.91 Å². The number of aromatic nitrogens is 2. The Bertz CT molecular complexity index is 894. The Morgan fingerprint density at radius 2 is 1.80 bits per heavy atom. The third-order valence-electron chi connectivity index (χ3n) is 3.38. The maximum atomic E-state index is 13.1. The van der Waals surface area contributed by atoms with Gasteiger partial charge in [-0.1, -0.05) is 5.16 Å². The highest BCUT2D eigenvalue weighted by atomic mass is 19.2. The number of benzene rings is 2. The van der Waals surface area contributed by atoms with Crippen LogP contribution in [0.2, 0.25) is 0 Å². The molecule has 25 heavy (non-hydrogen) atoms. The Kier molecular flexibility index (Phi) is 4.78. The van der Waals surface area contributed by atoms with Crippen molar-refractivity contribution in [3.63, 3.8) is 0 Å². The summed E-state index contributed by atoms with van der Waals surface area (Å²) in [5.74, 6) is -2.43. The second-order valence-electron chi connectivity index (χ2n) is 5.15. The topological polar surface area (TPSA) is 68.0 Å². The van der Waals surface area contributed by atoms with Crippen molar-refractivity contribution in [2.24, 2.45) is 0 Å². The molecule has 0 fully saturated rings. The lowest BCUT2D eigenvalue weighted by molar-refractivity contribution is 0.0953. The first kappa shape index (κ1) is 16.7. The van der Waals surface area contributed by atoms with Gasteiger partial charge in [0, 0.05) is 24.1 Å². The minimum absolute atomic E-state index is 0.0106. The third-order valence-corrected chi connectivity index (χ3v) is 3.38. The smallest absolute Gasteiger partial charge is 0.251 e. The molecule has 0 bridgehead atoms. The van der Waals surface area contributed by atoms with Crippen molar-refractivity contribution in [3.05, 3.63) is 71.4 Å². The predicted molar refractivity (Wildman–Crippen MR) is 82.1 cm³/mol. The van der Waals surface area contributed by atoms with Crippen molar-refractivity contribution in [1.29, 1.82) is 0 Å². The van der Waals surface area contributed by atoms with Crippen molar-refractivity contribution in [1.82, 2.24) is 15.5 Å². The van der Waals surface area contributed by atoms with Crippen LogP contribution in [0.25, 0.3) is 11.4 Å². The molecule has 3 rings (SSSR count). The maximum absolute atomic E-state index is 13.1. The lowest BCUT2D eigenvalue weighted by Crippen LogP contribution is -2.25. The number of nitrogens with zero attached hydrogens (tertiary/aromatic N) is 2. The average Bonchev–Trinajstić information content (AvgIpc) is 3.06. The predicted octanol–water partition coefficient (Wildman–Crippen LogP) is 3.13. The number of hydrogen-bond donors (Lipinski definition) is 1. The van der Waals surface area contributed by atoms with Crippen LogP contribution >= 0.6 is 0 Å². The van der Waals surface area contributed by atoms with E-state index in [0.717, 1.165) is 12.1 Å². The van der Waals surface area contributed by atoms with Gasteiger partial charge in [-0.25, -0.2) is 13.2 Å². The summed E-state index contributed by atoms with van der Waals surface area (Å²) in [7, 11) is 0. The van der Waals surface area contributed by atoms with Crippen LogP contribution in [0.4, 0.5) is 13.2 Å². The van der Waals surface area contributed by atoms with Crippen molar-refractivity contribution < 1.29 is 22.5 Å². The molecule has 0 spiro atoms. The molecule has 2 aromatic carbocycles. The largest absolute Gasteiger partial charge is 0.352 e. The first-order chi connectivity index (χ1) is 12.0. The summed E-state index contributed by atoms with van der Waals surface area (Å²) in [4.78, 5) is 16.0. The van der Waals surface area contributed by atoms with E-state index < -0.39 is 17.5 Å². The lowest BCUT2D eigenvalue weighted by Gasteiger charge is -2.03. The number of amides is 1. The minimum Gasteiger partial charge on any atom is -0.352 e. The molecule has 1 amide bonds. The zero-order chi connectivity index (χ0) is 17.8. The van der Waals surface area contributed by atoms with Gasteiger partial charge in [-0.05, 0) is 42.5 Å². The van der Waals surface area contributed by atoms with E-state index in [1.54, 1.807) is 0 Å². The highest BCUT2D eigenvalue weighted by molar-refractivity contribution is 5.94. The molecule has 8 heteroatoms. The van der Waals surface area contributed by atoms with E-state index in [1.165, 1.54) is 30.3 Å². The minimum atomic E-state index is -1.09. The molecule has 0 aliphatic rings. The van der Waals surface area contributed by atoms with Crippen LogP contribution in [0, 0.1) is 17.5 Å². The first-order valence-corrected chi connectivity index (χ1v) is 7.35. The Labute approximate surface area is 140 Å². The zero-order valence-corrected chi connectivity index (χ0v) is 12.8. The number of carbonyl (C=O) groups excluding carboxylic acids is 1. The molecule has 0 aliphatic carbocycles. The van der Waals surface area contributed by atoms with Crippen LogP contribution in [0.1, 0.15) is 16.2 Å². The second kappa shape index (κ2) is 7.16. The van der Waals surface area contributed by atoms with E-state index in [-0.39, 0.29) is 30.2 Å². The number of rotatable bonds is 5. The molecule has 0 radical (unpaired) electrons. The summed E-state index contributed by atoms with van der Waals surface area (Å²) >= 11 is 0. The lowest BCUT2D eigenvalue weighted by atomic mass is 10.2. The van der Waals surface area contributed by atoms with Gasteiger partial charge in [0.15, 0.2) is 11.6 Å². The molecule has 0 unspecified atom stereocenters. The molecular weight excluding hydrogens is 335 g/mol. The number of halogens is 3. The van der Waals surface area contributed by atoms with Gasteiger partial charge in [-0.3, -0.25) is 4.79 Å². The van der Waals surface area contributed by atoms with E-state index in [0.29, 0.717) is 11.4 Å². The van der Waals surface area contributed by atoms with Gasteiger partial charge in [-0.15, -0.1) is 0 Å². The molecule has 1 heterocycles. The van der Waals surface area contributed by atoms with Gasteiger partial charge in [0.25, 0.3) is 5.91 Å². The molecule has 3 aromatic rings. The van der Waals surface area contributed by atoms with E-state index in [1.807, 2.05) is 0 Å². The summed E-state index contributed by atoms with van der Waals surface area (Å²) in [5.41, 5.74) is 0.610. The fraction of sp³-hybridized carbons (Fsp3) is 0.118. The van der Waals surface area contributed by atoms with Gasteiger partial charge in [-0.2, -0.15) is 4.98 Å². The number of nitrogens with one attached hydrogen (secondary N) is 1. The monoisotopic (exact) mass is 347 g/mol. The Balaban J connectivity index is 1.56. The van der Waals surface area contributed by atoms with Crippen LogP contribution in [0.15, 0.2) is 47.0 Å². The summed E-state index contributed by atoms with van der Waals surface area (Å²) in [5, 5.41) is 6.33. The number of carbonyl (C=O) groups is 1. The normalized spacial score (nSPS) is 10.7. The van der Waals surface area contributed by atoms with Gasteiger partial charge in [0.1, 0.15) is 5.82 Å². The van der Waals surface area contributed by atoms with Crippen molar-refractivity contribution in [3.8, 4) is 11.4 Å². The molecule has 0 saturated carbocycles. The fourth-order valence-electron chi connectivity index (χ4n) is 2.10. The van der Waals surface area contributed by atoms with Crippen molar-refractivity contribution in [2.45, 2.75) is 6.42 Å². The van der Waals surface area contributed by atoms with Gasteiger partial charge in [0.05, 0.1) is 0 Å². The summed E-state index contributed by atoms with van der Waals surface area (Å²) in [6, 6.07) is 8.51. The van der Waals surface area contributed by atoms with Gasteiger partial charge >= 0.3 is 0 Å². The SMILES string of the molecule is O=C(NCCc1nc(-c2ccc(F)cc2)no1)c1ccc(F)c(F)c1. The van der Waals surface area contributed by atoms with Gasteiger partial charge in [0.2, 0.25) is 11.7 Å². The van der Waals surface area contributed by atoms with E-state index >= 15 is 0 Å². The fourth-order valence-corrected chi connectivity index (χ4v) is 2.10. The average molecular weight is 347 g/mol. The van der Waals surface area contributed by atoms with Crippen LogP contribution < -0.4 is 5.32 Å². The highest BCUT2D eigenvalue weighted by Gasteiger charge is 2.11. The van der Waals surface area contributed by atoms with Crippen molar-refractivity contribution in [2.75, 3.05) is 6.54 Å². The molecule has 5 nitrogen and oxygen atoms in total. The number of hydrogen-bond acceptors (Lipinski definition) is 4. The van der Waals surface area contributed by atoms with E-state index in [9.17, 15) is 18.0 Å². The summed E-state index contributed by atoms with van der Waals surface area (Å²) in [6.07, 6.45) is 0.254. The second-order valence-corrected chi connectivity index (χ2v) is 5.15. The molecular formula is C17H12F3N3O2. The molecule has 0 saturated heterocycles.